The van der Waals surface area contributed by atoms with Crippen LogP contribution in [0, 0.1) is 0 Å². The van der Waals surface area contributed by atoms with Crippen molar-refractivity contribution in [2.45, 2.75) is 30.7 Å². The van der Waals surface area contributed by atoms with Crippen molar-refractivity contribution in [2.75, 3.05) is 18.8 Å². The first-order valence-electron chi connectivity index (χ1n) is 10.3. The van der Waals surface area contributed by atoms with Gasteiger partial charge in [0.2, 0.25) is 0 Å². The molecule has 1 aliphatic rings. The molecule has 3 N–H and O–H groups in total. The lowest BCUT2D eigenvalue weighted by molar-refractivity contribution is 0.132. The monoisotopic (exact) mass is 438 g/mol. The van der Waals surface area contributed by atoms with Crippen molar-refractivity contribution in [3.05, 3.63) is 72.3 Å². The summed E-state index contributed by atoms with van der Waals surface area (Å²) >= 11 is 0. The second kappa shape index (κ2) is 8.95. The van der Waals surface area contributed by atoms with Crippen LogP contribution in [0.4, 0.5) is 10.5 Å². The van der Waals surface area contributed by atoms with Gasteiger partial charge in [-0.1, -0.05) is 42.5 Å². The molecule has 0 spiro atoms. The van der Waals surface area contributed by atoms with Crippen molar-refractivity contribution in [2.24, 2.45) is 0 Å². The lowest BCUT2D eigenvalue weighted by atomic mass is 10.1. The lowest BCUT2D eigenvalue weighted by Crippen LogP contribution is -2.52. The minimum absolute atomic E-state index is 0.0996. The van der Waals surface area contributed by atoms with E-state index in [2.05, 4.69) is 4.83 Å². The van der Waals surface area contributed by atoms with Crippen molar-refractivity contribution in [1.82, 2.24) is 14.7 Å². The number of urea groups is 1. The highest BCUT2D eigenvalue weighted by atomic mass is 32.2. The van der Waals surface area contributed by atoms with E-state index in [0.717, 1.165) is 35.6 Å². The molecule has 1 heterocycles. The highest BCUT2D eigenvalue weighted by molar-refractivity contribution is 7.89. The van der Waals surface area contributed by atoms with Gasteiger partial charge in [-0.2, -0.15) is 0 Å². The number of likely N-dealkylation sites (tertiary alicyclic amines) is 1. The van der Waals surface area contributed by atoms with Crippen LogP contribution in [-0.4, -0.2) is 37.4 Å². The molecule has 8 heteroatoms. The molecule has 0 saturated carbocycles. The lowest BCUT2D eigenvalue weighted by Gasteiger charge is -2.33. The second-order valence-corrected chi connectivity index (χ2v) is 9.42. The first-order chi connectivity index (χ1) is 14.9. The summed E-state index contributed by atoms with van der Waals surface area (Å²) in [4.78, 5) is 17.5. The van der Waals surface area contributed by atoms with Crippen LogP contribution in [0.5, 0.6) is 0 Å². The molecule has 2 amide bonds. The van der Waals surface area contributed by atoms with Crippen molar-refractivity contribution < 1.29 is 13.2 Å². The van der Waals surface area contributed by atoms with Gasteiger partial charge < -0.3 is 10.6 Å². The van der Waals surface area contributed by atoms with E-state index >= 15 is 0 Å². The molecule has 1 aliphatic heterocycles. The standard InChI is InChI=1S/C23H26N4O3S/c24-21-11-8-18(9-12-21)17-27(23(28)26-14-4-1-5-15-26)25-31(29,30)22-13-10-19-6-2-3-7-20(19)16-22/h2-3,6-13,16,25H,1,4-5,14-15,17,24H2. The van der Waals surface area contributed by atoms with Gasteiger partial charge in [-0.25, -0.2) is 18.2 Å². The number of nitrogens with one attached hydrogen (secondary N) is 1. The third-order valence-corrected chi connectivity index (χ3v) is 6.77. The highest BCUT2D eigenvalue weighted by Crippen LogP contribution is 2.20. The normalized spacial score (nSPS) is 14.5. The van der Waals surface area contributed by atoms with Crippen LogP contribution in [-0.2, 0) is 16.6 Å². The fourth-order valence-electron chi connectivity index (χ4n) is 3.73. The zero-order chi connectivity index (χ0) is 21.8. The van der Waals surface area contributed by atoms with Gasteiger partial charge in [-0.05, 0) is 59.9 Å². The van der Waals surface area contributed by atoms with Crippen LogP contribution in [0.2, 0.25) is 0 Å². The molecule has 0 aromatic heterocycles. The number of rotatable bonds is 5. The van der Waals surface area contributed by atoms with E-state index in [-0.39, 0.29) is 17.5 Å². The molecule has 31 heavy (non-hydrogen) atoms. The molecule has 0 bridgehead atoms. The summed E-state index contributed by atoms with van der Waals surface area (Å²) in [5.74, 6) is 0. The van der Waals surface area contributed by atoms with Crippen LogP contribution in [0.1, 0.15) is 24.8 Å². The van der Waals surface area contributed by atoms with Gasteiger partial charge >= 0.3 is 6.03 Å². The van der Waals surface area contributed by atoms with Crippen molar-refractivity contribution >= 4 is 32.5 Å². The van der Waals surface area contributed by atoms with E-state index in [4.69, 9.17) is 5.73 Å². The molecule has 1 saturated heterocycles. The van der Waals surface area contributed by atoms with Gasteiger partial charge in [0, 0.05) is 18.8 Å². The third-order valence-electron chi connectivity index (χ3n) is 5.44. The van der Waals surface area contributed by atoms with Gasteiger partial charge in [-0.3, -0.25) is 0 Å². The quantitative estimate of drug-likeness (QED) is 0.469. The maximum absolute atomic E-state index is 13.2. The van der Waals surface area contributed by atoms with E-state index in [0.29, 0.717) is 18.8 Å². The number of nitrogen functional groups attached to an aromatic ring is 1. The first kappa shape index (κ1) is 21.1. The summed E-state index contributed by atoms with van der Waals surface area (Å²) in [6, 6.07) is 19.2. The summed E-state index contributed by atoms with van der Waals surface area (Å²) in [5, 5.41) is 2.95. The molecule has 3 aromatic carbocycles. The number of anilines is 1. The Bertz CT molecular complexity index is 1170. The Hall–Kier alpha value is -3.10. The fourth-order valence-corrected chi connectivity index (χ4v) is 4.80. The van der Waals surface area contributed by atoms with Gasteiger partial charge in [0.1, 0.15) is 0 Å². The summed E-state index contributed by atoms with van der Waals surface area (Å²) in [6.45, 7) is 1.34. The van der Waals surface area contributed by atoms with Crippen LogP contribution < -0.4 is 10.6 Å². The molecule has 1 fully saturated rings. The molecule has 0 atom stereocenters. The number of nitrogens with two attached hydrogens (primary N) is 1. The van der Waals surface area contributed by atoms with Crippen LogP contribution in [0.3, 0.4) is 0 Å². The van der Waals surface area contributed by atoms with Crippen LogP contribution >= 0.6 is 0 Å². The summed E-state index contributed by atoms with van der Waals surface area (Å²) in [7, 11) is -3.96. The number of carbonyl (C=O) groups is 1. The maximum atomic E-state index is 13.2. The Balaban J connectivity index is 1.62. The molecule has 0 radical (unpaired) electrons. The maximum Gasteiger partial charge on any atom is 0.335 e. The average Bonchev–Trinajstić information content (AvgIpc) is 2.79. The Labute approximate surface area is 182 Å². The number of nitrogens with zero attached hydrogens (tertiary/aromatic N) is 2. The predicted octanol–water partition coefficient (Wildman–Crippen LogP) is 3.72. The molecule has 3 aromatic rings. The molecular formula is C23H26N4O3S. The van der Waals surface area contributed by atoms with Crippen molar-refractivity contribution in [1.29, 1.82) is 0 Å². The van der Waals surface area contributed by atoms with E-state index < -0.39 is 10.0 Å². The van der Waals surface area contributed by atoms with Crippen LogP contribution in [0.25, 0.3) is 10.8 Å². The Morgan fingerprint density at radius 2 is 1.61 bits per heavy atom. The smallest absolute Gasteiger partial charge is 0.335 e. The molecule has 7 nitrogen and oxygen atoms in total. The minimum Gasteiger partial charge on any atom is -0.399 e. The molecule has 162 valence electrons. The zero-order valence-electron chi connectivity index (χ0n) is 17.2. The first-order valence-corrected chi connectivity index (χ1v) is 11.8. The summed E-state index contributed by atoms with van der Waals surface area (Å²) in [5.41, 5.74) is 7.14. The predicted molar refractivity (Wildman–Crippen MR) is 121 cm³/mol. The Morgan fingerprint density at radius 3 is 2.32 bits per heavy atom. The molecule has 0 unspecified atom stereocenters. The number of hydrogen-bond donors (Lipinski definition) is 2. The number of fused-ring (bicyclic) bond motifs is 1. The van der Waals surface area contributed by atoms with E-state index in [1.807, 2.05) is 24.3 Å². The Morgan fingerprint density at radius 1 is 0.935 bits per heavy atom. The average molecular weight is 439 g/mol. The van der Waals surface area contributed by atoms with E-state index in [1.54, 1.807) is 47.4 Å². The molecule has 0 aliphatic carbocycles. The minimum atomic E-state index is -3.96. The summed E-state index contributed by atoms with van der Waals surface area (Å²) in [6.07, 6.45) is 2.91. The highest BCUT2D eigenvalue weighted by Gasteiger charge is 2.27. The van der Waals surface area contributed by atoms with Gasteiger partial charge in [0.25, 0.3) is 10.0 Å². The second-order valence-electron chi connectivity index (χ2n) is 7.76. The van der Waals surface area contributed by atoms with Gasteiger partial charge in [0.05, 0.1) is 11.4 Å². The van der Waals surface area contributed by atoms with Crippen LogP contribution in [0.15, 0.2) is 71.6 Å². The Kier molecular flexibility index (Phi) is 6.11. The topological polar surface area (TPSA) is 95.7 Å². The van der Waals surface area contributed by atoms with Crippen molar-refractivity contribution in [3.8, 4) is 0 Å². The molecule has 4 rings (SSSR count). The molecular weight excluding hydrogens is 412 g/mol. The van der Waals surface area contributed by atoms with Gasteiger partial charge in [-0.15, -0.1) is 4.83 Å². The van der Waals surface area contributed by atoms with Crippen molar-refractivity contribution in [3.63, 3.8) is 0 Å². The number of sulfonamides is 1. The van der Waals surface area contributed by atoms with E-state index in [1.165, 1.54) is 5.01 Å². The largest absolute Gasteiger partial charge is 0.399 e. The number of carbonyl (C=O) groups excluding carboxylic acids is 1. The SMILES string of the molecule is Nc1ccc(CN(NS(=O)(=O)c2ccc3ccccc3c2)C(=O)N2CCCCC2)cc1. The fraction of sp³-hybridized carbons (Fsp3) is 0.261. The third kappa shape index (κ3) is 4.98. The summed E-state index contributed by atoms with van der Waals surface area (Å²) < 4.78 is 26.3. The number of benzene rings is 3. The number of hydrogen-bond acceptors (Lipinski definition) is 4. The van der Waals surface area contributed by atoms with Gasteiger partial charge in [0.15, 0.2) is 0 Å². The van der Waals surface area contributed by atoms with E-state index in [9.17, 15) is 13.2 Å². The zero-order valence-corrected chi connectivity index (χ0v) is 18.0. The number of hydrazine groups is 1. The number of piperidine rings is 1. The number of amides is 2.